The highest BCUT2D eigenvalue weighted by Crippen LogP contribution is 2.15. The molecule has 0 aromatic carbocycles. The average molecular weight is 265 g/mol. The van der Waals surface area contributed by atoms with E-state index in [1.54, 1.807) is 12.4 Å². The number of pyridine rings is 1. The minimum Gasteiger partial charge on any atom is -0.490 e. The van der Waals surface area contributed by atoms with Crippen LogP contribution in [-0.2, 0) is 0 Å². The number of halogens is 2. The predicted octanol–water partition coefficient (Wildman–Crippen LogP) is 2.36. The maximum Gasteiger partial charge on any atom is 0.140 e. The fourth-order valence-corrected chi connectivity index (χ4v) is 1.69. The topological polar surface area (TPSA) is 34.1 Å². The van der Waals surface area contributed by atoms with Crippen LogP contribution in [-0.4, -0.2) is 24.2 Å². The van der Waals surface area contributed by atoms with Crippen LogP contribution in [0, 0.1) is 6.92 Å². The van der Waals surface area contributed by atoms with Crippen LogP contribution in [0.3, 0.4) is 0 Å². The third-order valence-electron chi connectivity index (χ3n) is 2.59. The Morgan fingerprint density at radius 1 is 1.50 bits per heavy atom. The van der Waals surface area contributed by atoms with E-state index < -0.39 is 0 Å². The van der Waals surface area contributed by atoms with Crippen molar-refractivity contribution in [2.75, 3.05) is 13.2 Å². The van der Waals surface area contributed by atoms with E-state index in [4.69, 9.17) is 4.74 Å². The molecule has 0 amide bonds. The maximum absolute atomic E-state index is 5.70. The number of hydrogen-bond acceptors (Lipinski definition) is 3. The fraction of sp³-hybridized carbons (Fsp3) is 0.545. The van der Waals surface area contributed by atoms with Crippen molar-refractivity contribution in [1.82, 2.24) is 10.3 Å². The second-order valence-corrected chi connectivity index (χ2v) is 3.75. The molecule has 0 spiro atoms. The second kappa shape index (κ2) is 7.71. The van der Waals surface area contributed by atoms with Gasteiger partial charge in [0.1, 0.15) is 12.4 Å². The maximum atomic E-state index is 5.70. The van der Waals surface area contributed by atoms with Crippen LogP contribution in [0.5, 0.6) is 5.75 Å². The molecule has 1 aliphatic heterocycles. The quantitative estimate of drug-likeness (QED) is 0.911. The molecule has 3 nitrogen and oxygen atoms in total. The van der Waals surface area contributed by atoms with Gasteiger partial charge in [-0.15, -0.1) is 24.8 Å². The van der Waals surface area contributed by atoms with E-state index in [0.717, 1.165) is 24.5 Å². The van der Waals surface area contributed by atoms with Crippen LogP contribution >= 0.6 is 24.8 Å². The minimum absolute atomic E-state index is 0. The Kier molecular flexibility index (Phi) is 7.47. The van der Waals surface area contributed by atoms with E-state index >= 15 is 0 Å². The minimum atomic E-state index is 0. The summed E-state index contributed by atoms with van der Waals surface area (Å²) in [4.78, 5) is 4.05. The molecule has 1 atom stereocenters. The van der Waals surface area contributed by atoms with E-state index in [0.29, 0.717) is 6.04 Å². The van der Waals surface area contributed by atoms with Crippen LogP contribution in [0.2, 0.25) is 0 Å². The van der Waals surface area contributed by atoms with Crippen LogP contribution in [0.25, 0.3) is 0 Å². The molecular formula is C11H18Cl2N2O. The largest absolute Gasteiger partial charge is 0.490 e. The van der Waals surface area contributed by atoms with Crippen LogP contribution < -0.4 is 10.1 Å². The number of hydrogen-bond donors (Lipinski definition) is 1. The molecule has 0 bridgehead atoms. The van der Waals surface area contributed by atoms with Crippen molar-refractivity contribution >= 4 is 24.8 Å². The van der Waals surface area contributed by atoms with Gasteiger partial charge in [-0.1, -0.05) is 0 Å². The third-order valence-corrected chi connectivity index (χ3v) is 2.59. The summed E-state index contributed by atoms with van der Waals surface area (Å²) >= 11 is 0. The Balaban J connectivity index is 0.00000112. The standard InChI is InChI=1S/C11H16N2O.2ClH/c1-9-4-6-12-7-11(9)14-8-10-3-2-5-13-10;;/h4,6-7,10,13H,2-3,5,8H2,1H3;2*1H/t10-;;/m0../s1. The molecule has 0 aliphatic carbocycles. The Hall–Kier alpha value is -0.510. The summed E-state index contributed by atoms with van der Waals surface area (Å²) in [5.74, 6) is 0.904. The lowest BCUT2D eigenvalue weighted by Gasteiger charge is -2.12. The molecule has 1 N–H and O–H groups in total. The monoisotopic (exact) mass is 264 g/mol. The van der Waals surface area contributed by atoms with Crippen LogP contribution in [0.4, 0.5) is 0 Å². The average Bonchev–Trinajstić information content (AvgIpc) is 2.69. The highest BCUT2D eigenvalue weighted by molar-refractivity contribution is 5.85. The molecule has 2 heterocycles. The third kappa shape index (κ3) is 4.16. The summed E-state index contributed by atoms with van der Waals surface area (Å²) in [6, 6.07) is 2.49. The van der Waals surface area contributed by atoms with Gasteiger partial charge in [-0.05, 0) is 37.9 Å². The molecule has 5 heteroatoms. The van der Waals surface area contributed by atoms with Gasteiger partial charge in [0.25, 0.3) is 0 Å². The van der Waals surface area contributed by atoms with Crippen molar-refractivity contribution < 1.29 is 4.74 Å². The molecule has 1 saturated heterocycles. The fourth-order valence-electron chi connectivity index (χ4n) is 1.69. The van der Waals surface area contributed by atoms with Crippen molar-refractivity contribution in [2.24, 2.45) is 0 Å². The molecule has 92 valence electrons. The van der Waals surface area contributed by atoms with E-state index in [2.05, 4.69) is 10.3 Å². The number of nitrogens with zero attached hydrogens (tertiary/aromatic N) is 1. The first-order valence-corrected chi connectivity index (χ1v) is 5.13. The first-order chi connectivity index (χ1) is 6.86. The van der Waals surface area contributed by atoms with Gasteiger partial charge < -0.3 is 10.1 Å². The van der Waals surface area contributed by atoms with Gasteiger partial charge in [-0.3, -0.25) is 4.98 Å². The molecule has 1 aromatic heterocycles. The number of nitrogens with one attached hydrogen (secondary N) is 1. The lowest BCUT2D eigenvalue weighted by molar-refractivity contribution is 0.274. The van der Waals surface area contributed by atoms with Gasteiger partial charge in [-0.2, -0.15) is 0 Å². The van der Waals surface area contributed by atoms with Gasteiger partial charge in [0, 0.05) is 12.2 Å². The van der Waals surface area contributed by atoms with Gasteiger partial charge in [0.15, 0.2) is 0 Å². The van der Waals surface area contributed by atoms with Gasteiger partial charge in [-0.25, -0.2) is 0 Å². The zero-order valence-corrected chi connectivity index (χ0v) is 10.9. The van der Waals surface area contributed by atoms with Gasteiger partial charge in [0.05, 0.1) is 6.20 Å². The van der Waals surface area contributed by atoms with Crippen molar-refractivity contribution in [3.8, 4) is 5.75 Å². The van der Waals surface area contributed by atoms with Crippen molar-refractivity contribution in [3.63, 3.8) is 0 Å². The highest BCUT2D eigenvalue weighted by atomic mass is 35.5. The Labute approximate surface area is 109 Å². The number of ether oxygens (including phenoxy) is 1. The second-order valence-electron chi connectivity index (χ2n) is 3.75. The summed E-state index contributed by atoms with van der Waals surface area (Å²) in [5.41, 5.74) is 1.15. The zero-order valence-electron chi connectivity index (χ0n) is 9.31. The predicted molar refractivity (Wildman–Crippen MR) is 70.0 cm³/mol. The summed E-state index contributed by atoms with van der Waals surface area (Å²) < 4.78 is 5.70. The SMILES string of the molecule is Cc1ccncc1OC[C@@H]1CCCN1.Cl.Cl. The normalized spacial score (nSPS) is 18.4. The van der Waals surface area contributed by atoms with E-state index in [-0.39, 0.29) is 24.8 Å². The first-order valence-electron chi connectivity index (χ1n) is 5.13. The molecule has 2 rings (SSSR count). The van der Waals surface area contributed by atoms with E-state index in [1.807, 2.05) is 13.0 Å². The zero-order chi connectivity index (χ0) is 9.80. The molecule has 1 aromatic rings. The summed E-state index contributed by atoms with van der Waals surface area (Å²) in [5, 5.41) is 3.40. The summed E-state index contributed by atoms with van der Waals surface area (Å²) in [7, 11) is 0. The molecule has 0 radical (unpaired) electrons. The summed E-state index contributed by atoms with van der Waals surface area (Å²) in [6.07, 6.45) is 6.06. The smallest absolute Gasteiger partial charge is 0.140 e. The lowest BCUT2D eigenvalue weighted by Crippen LogP contribution is -2.28. The Morgan fingerprint density at radius 2 is 2.31 bits per heavy atom. The number of aryl methyl sites for hydroxylation is 1. The molecule has 16 heavy (non-hydrogen) atoms. The Bertz CT molecular complexity index is 304. The van der Waals surface area contributed by atoms with Crippen LogP contribution in [0.15, 0.2) is 18.5 Å². The molecule has 1 aliphatic rings. The lowest BCUT2D eigenvalue weighted by atomic mass is 10.2. The van der Waals surface area contributed by atoms with E-state index in [9.17, 15) is 0 Å². The Morgan fingerprint density at radius 3 is 2.94 bits per heavy atom. The highest BCUT2D eigenvalue weighted by Gasteiger charge is 2.14. The molecule has 0 unspecified atom stereocenters. The van der Waals surface area contributed by atoms with Crippen LogP contribution in [0.1, 0.15) is 18.4 Å². The molecule has 1 fully saturated rings. The summed E-state index contributed by atoms with van der Waals surface area (Å²) in [6.45, 7) is 3.92. The van der Waals surface area contributed by atoms with E-state index in [1.165, 1.54) is 12.8 Å². The first kappa shape index (κ1) is 15.5. The van der Waals surface area contributed by atoms with Crippen molar-refractivity contribution in [3.05, 3.63) is 24.0 Å². The van der Waals surface area contributed by atoms with Crippen molar-refractivity contribution in [2.45, 2.75) is 25.8 Å². The molecule has 0 saturated carbocycles. The van der Waals surface area contributed by atoms with Gasteiger partial charge >= 0.3 is 0 Å². The number of aromatic nitrogens is 1. The molecular weight excluding hydrogens is 247 g/mol. The van der Waals surface area contributed by atoms with Crippen molar-refractivity contribution in [1.29, 1.82) is 0 Å². The number of rotatable bonds is 3. The van der Waals surface area contributed by atoms with Gasteiger partial charge in [0.2, 0.25) is 0 Å².